The molecule has 2 nitrogen and oxygen atoms in total. The third-order valence-electron chi connectivity index (χ3n) is 2.74. The summed E-state index contributed by atoms with van der Waals surface area (Å²) in [4.78, 5) is 2.33. The van der Waals surface area contributed by atoms with Gasteiger partial charge in [-0.15, -0.1) is 6.58 Å². The lowest BCUT2D eigenvalue weighted by atomic mass is 10.1. The highest BCUT2D eigenvalue weighted by molar-refractivity contribution is 9.10. The summed E-state index contributed by atoms with van der Waals surface area (Å²) in [5, 5.41) is 0. The molecular formula is C14H21BrN2. The average molecular weight is 297 g/mol. The molecule has 0 radical (unpaired) electrons. The van der Waals surface area contributed by atoms with E-state index in [1.54, 1.807) is 0 Å². The molecule has 0 bridgehead atoms. The maximum atomic E-state index is 5.61. The molecule has 0 amide bonds. The van der Waals surface area contributed by atoms with Crippen LogP contribution in [0.4, 0.5) is 0 Å². The Bertz CT molecular complexity index is 363. The Morgan fingerprint density at radius 2 is 2.24 bits per heavy atom. The van der Waals surface area contributed by atoms with Gasteiger partial charge in [-0.1, -0.05) is 34.1 Å². The van der Waals surface area contributed by atoms with Gasteiger partial charge in [0.2, 0.25) is 0 Å². The summed E-state index contributed by atoms with van der Waals surface area (Å²) in [6.07, 6.45) is 4.22. The van der Waals surface area contributed by atoms with Crippen LogP contribution in [0.15, 0.2) is 35.3 Å². The molecule has 17 heavy (non-hydrogen) atoms. The molecule has 94 valence electrons. The second-order valence-electron chi connectivity index (χ2n) is 4.30. The minimum atomic E-state index is 0.591. The largest absolute Gasteiger partial charge is 0.326 e. The van der Waals surface area contributed by atoms with E-state index < -0.39 is 0 Å². The van der Waals surface area contributed by atoms with Gasteiger partial charge in [-0.05, 0) is 43.6 Å². The summed E-state index contributed by atoms with van der Waals surface area (Å²) in [5.74, 6) is 0. The Balaban J connectivity index is 2.52. The average Bonchev–Trinajstić information content (AvgIpc) is 2.32. The molecule has 0 aliphatic heterocycles. The van der Waals surface area contributed by atoms with Gasteiger partial charge in [-0.2, -0.15) is 0 Å². The molecule has 0 aliphatic rings. The summed E-state index contributed by atoms with van der Waals surface area (Å²) in [5.41, 5.74) is 8.08. The molecule has 0 unspecified atom stereocenters. The summed E-state index contributed by atoms with van der Waals surface area (Å²) in [7, 11) is 2.15. The van der Waals surface area contributed by atoms with Crippen LogP contribution in [0.25, 0.3) is 0 Å². The zero-order chi connectivity index (χ0) is 12.7. The topological polar surface area (TPSA) is 29.3 Å². The number of hydrogen-bond acceptors (Lipinski definition) is 2. The molecule has 2 N–H and O–H groups in total. The van der Waals surface area contributed by atoms with Crippen LogP contribution >= 0.6 is 15.9 Å². The van der Waals surface area contributed by atoms with Crippen LogP contribution in [0, 0.1) is 0 Å². The van der Waals surface area contributed by atoms with E-state index in [0.29, 0.717) is 6.54 Å². The molecule has 1 rings (SSSR count). The van der Waals surface area contributed by atoms with Gasteiger partial charge in [0.15, 0.2) is 0 Å². The first kappa shape index (κ1) is 14.4. The van der Waals surface area contributed by atoms with E-state index >= 15 is 0 Å². The van der Waals surface area contributed by atoms with Crippen LogP contribution in [-0.4, -0.2) is 18.5 Å². The molecule has 0 fully saturated rings. The van der Waals surface area contributed by atoms with Crippen LogP contribution in [0.2, 0.25) is 0 Å². The van der Waals surface area contributed by atoms with Crippen LogP contribution in [-0.2, 0) is 13.1 Å². The van der Waals surface area contributed by atoms with Gasteiger partial charge in [0, 0.05) is 17.6 Å². The quantitative estimate of drug-likeness (QED) is 0.618. The molecule has 0 aliphatic carbocycles. The minimum absolute atomic E-state index is 0.591. The van der Waals surface area contributed by atoms with E-state index in [-0.39, 0.29) is 0 Å². The zero-order valence-electron chi connectivity index (χ0n) is 10.5. The number of halogens is 1. The Morgan fingerprint density at radius 3 is 2.82 bits per heavy atom. The number of benzene rings is 1. The van der Waals surface area contributed by atoms with Crippen LogP contribution in [0.1, 0.15) is 24.0 Å². The number of nitrogens with two attached hydrogens (primary N) is 1. The van der Waals surface area contributed by atoms with E-state index in [2.05, 4.69) is 52.7 Å². The normalized spacial score (nSPS) is 10.8. The number of unbranched alkanes of at least 4 members (excludes halogenated alkanes) is 1. The van der Waals surface area contributed by atoms with Crippen LogP contribution < -0.4 is 5.73 Å². The maximum Gasteiger partial charge on any atom is 0.0241 e. The molecule has 0 saturated carbocycles. The highest BCUT2D eigenvalue weighted by Gasteiger charge is 2.04. The first-order valence-corrected chi connectivity index (χ1v) is 6.73. The summed E-state index contributed by atoms with van der Waals surface area (Å²) >= 11 is 3.60. The lowest BCUT2D eigenvalue weighted by molar-refractivity contribution is 0.322. The van der Waals surface area contributed by atoms with Crippen molar-refractivity contribution in [2.45, 2.75) is 25.9 Å². The fourth-order valence-electron chi connectivity index (χ4n) is 1.72. The predicted octanol–water partition coefficient (Wildman–Crippen LogP) is 3.31. The molecule has 0 atom stereocenters. The SMILES string of the molecule is C=CCCCN(C)Cc1ccc(CN)cc1Br. The van der Waals surface area contributed by atoms with Crippen LogP contribution in [0.5, 0.6) is 0 Å². The van der Waals surface area contributed by atoms with Crippen molar-refractivity contribution in [3.05, 3.63) is 46.5 Å². The second-order valence-corrected chi connectivity index (χ2v) is 5.15. The molecule has 0 spiro atoms. The first-order chi connectivity index (χ1) is 8.17. The number of nitrogens with zero attached hydrogens (tertiary/aromatic N) is 1. The first-order valence-electron chi connectivity index (χ1n) is 5.94. The van der Waals surface area contributed by atoms with Gasteiger partial charge in [-0.25, -0.2) is 0 Å². The molecule has 0 heterocycles. The fourth-order valence-corrected chi connectivity index (χ4v) is 2.27. The van der Waals surface area contributed by atoms with E-state index in [9.17, 15) is 0 Å². The zero-order valence-corrected chi connectivity index (χ0v) is 12.0. The van der Waals surface area contributed by atoms with Crippen molar-refractivity contribution in [1.29, 1.82) is 0 Å². The van der Waals surface area contributed by atoms with E-state index in [0.717, 1.165) is 29.5 Å². The molecule has 0 aromatic heterocycles. The summed E-state index contributed by atoms with van der Waals surface area (Å²) in [6.45, 7) is 6.38. The fraction of sp³-hybridized carbons (Fsp3) is 0.429. The summed E-state index contributed by atoms with van der Waals surface area (Å²) in [6, 6.07) is 6.35. The Labute approximate surface area is 113 Å². The van der Waals surface area contributed by atoms with E-state index in [1.807, 2.05) is 6.08 Å². The van der Waals surface area contributed by atoms with Gasteiger partial charge in [0.05, 0.1) is 0 Å². The van der Waals surface area contributed by atoms with Crippen molar-refractivity contribution < 1.29 is 0 Å². The minimum Gasteiger partial charge on any atom is -0.326 e. The van der Waals surface area contributed by atoms with Crippen molar-refractivity contribution in [3.63, 3.8) is 0 Å². The van der Waals surface area contributed by atoms with Crippen molar-refractivity contribution in [3.8, 4) is 0 Å². The second kappa shape index (κ2) is 7.64. The molecule has 1 aromatic carbocycles. The van der Waals surface area contributed by atoms with Gasteiger partial charge >= 0.3 is 0 Å². The third kappa shape index (κ3) is 5.02. The predicted molar refractivity (Wildman–Crippen MR) is 77.8 cm³/mol. The van der Waals surface area contributed by atoms with Gasteiger partial charge in [0.1, 0.15) is 0 Å². The van der Waals surface area contributed by atoms with Crippen molar-refractivity contribution in [2.24, 2.45) is 5.73 Å². The lowest BCUT2D eigenvalue weighted by Crippen LogP contribution is -2.19. The highest BCUT2D eigenvalue weighted by Crippen LogP contribution is 2.20. The van der Waals surface area contributed by atoms with E-state index in [4.69, 9.17) is 5.73 Å². The molecular weight excluding hydrogens is 276 g/mol. The number of allylic oxidation sites excluding steroid dienone is 1. The number of hydrogen-bond donors (Lipinski definition) is 1. The molecule has 0 saturated heterocycles. The summed E-state index contributed by atoms with van der Waals surface area (Å²) < 4.78 is 1.15. The van der Waals surface area contributed by atoms with Crippen LogP contribution in [0.3, 0.4) is 0 Å². The molecule has 1 aromatic rings. The van der Waals surface area contributed by atoms with E-state index in [1.165, 1.54) is 12.0 Å². The third-order valence-corrected chi connectivity index (χ3v) is 3.48. The number of rotatable bonds is 7. The maximum absolute atomic E-state index is 5.61. The monoisotopic (exact) mass is 296 g/mol. The lowest BCUT2D eigenvalue weighted by Gasteiger charge is -2.17. The van der Waals surface area contributed by atoms with Gasteiger partial charge in [-0.3, -0.25) is 0 Å². The molecule has 3 heteroatoms. The Hall–Kier alpha value is -0.640. The van der Waals surface area contributed by atoms with Gasteiger partial charge in [0.25, 0.3) is 0 Å². The van der Waals surface area contributed by atoms with Crippen molar-refractivity contribution in [2.75, 3.05) is 13.6 Å². The smallest absolute Gasteiger partial charge is 0.0241 e. The van der Waals surface area contributed by atoms with Crippen molar-refractivity contribution in [1.82, 2.24) is 4.90 Å². The standard InChI is InChI=1S/C14H21BrN2/c1-3-4-5-8-17(2)11-13-7-6-12(10-16)9-14(13)15/h3,6-7,9H,1,4-5,8,10-11,16H2,2H3. The van der Waals surface area contributed by atoms with Gasteiger partial charge < -0.3 is 10.6 Å². The van der Waals surface area contributed by atoms with Crippen molar-refractivity contribution >= 4 is 15.9 Å². The highest BCUT2D eigenvalue weighted by atomic mass is 79.9. The Kier molecular flexibility index (Phi) is 6.48. The Morgan fingerprint density at radius 1 is 1.47 bits per heavy atom.